The van der Waals surface area contributed by atoms with Gasteiger partial charge in [0.05, 0.1) is 5.69 Å². The molecule has 0 saturated carbocycles. The molecular weight excluding hydrogens is 358 g/mol. The molecule has 1 heterocycles. The summed E-state index contributed by atoms with van der Waals surface area (Å²) < 4.78 is 0. The Morgan fingerprint density at radius 1 is 1.07 bits per heavy atom. The number of hydrogen-bond acceptors (Lipinski definition) is 5. The number of benzene rings is 1. The molecule has 0 radical (unpaired) electrons. The Morgan fingerprint density at radius 3 is 2.24 bits per heavy atom. The first kappa shape index (κ1) is 23.4. The minimum atomic E-state index is 0.448. The summed E-state index contributed by atoms with van der Waals surface area (Å²) in [5, 5.41) is 6.37. The largest absolute Gasteiger partial charge is 0.399 e. The summed E-state index contributed by atoms with van der Waals surface area (Å²) >= 11 is 0. The van der Waals surface area contributed by atoms with Crippen molar-refractivity contribution in [2.75, 3.05) is 10.6 Å². The second kappa shape index (κ2) is 12.0. The summed E-state index contributed by atoms with van der Waals surface area (Å²) in [5.74, 6) is 0.493. The van der Waals surface area contributed by atoms with Crippen molar-refractivity contribution < 1.29 is 0 Å². The zero-order valence-electron chi connectivity index (χ0n) is 17.8. The van der Waals surface area contributed by atoms with Crippen molar-refractivity contribution >= 4 is 11.6 Å². The molecule has 1 aromatic heterocycles. The molecule has 0 aliphatic carbocycles. The van der Waals surface area contributed by atoms with Gasteiger partial charge < -0.3 is 16.4 Å². The van der Waals surface area contributed by atoms with Crippen LogP contribution in [0.2, 0.25) is 0 Å². The predicted octanol–water partition coefficient (Wildman–Crippen LogP) is 6.02. The van der Waals surface area contributed by atoms with Gasteiger partial charge in [-0.05, 0) is 43.7 Å². The van der Waals surface area contributed by atoms with Crippen LogP contribution in [-0.4, -0.2) is 9.97 Å². The van der Waals surface area contributed by atoms with Crippen LogP contribution in [0.25, 0.3) is 11.3 Å². The molecule has 152 valence electrons. The van der Waals surface area contributed by atoms with Crippen molar-refractivity contribution in [2.24, 2.45) is 5.73 Å². The molecule has 1 aromatic carbocycles. The number of aromatic nitrogens is 2. The lowest BCUT2D eigenvalue weighted by Gasteiger charge is -2.10. The van der Waals surface area contributed by atoms with E-state index < -0.39 is 0 Å². The summed E-state index contributed by atoms with van der Waals surface area (Å²) in [5.41, 5.74) is 11.4. The quantitative estimate of drug-likeness (QED) is 0.482. The number of nitrogens with one attached hydrogen (secondary N) is 2. The smallest absolute Gasteiger partial charge is 0.227 e. The maximum absolute atomic E-state index is 5.76. The van der Waals surface area contributed by atoms with Crippen molar-refractivity contribution in [1.82, 2.24) is 9.97 Å². The highest BCUT2D eigenvalue weighted by molar-refractivity contribution is 5.64. The number of nitrogens with two attached hydrogens (primary N) is 1. The lowest BCUT2D eigenvalue weighted by atomic mass is 10.1. The van der Waals surface area contributed by atoms with Crippen molar-refractivity contribution in [1.29, 1.82) is 0 Å². The van der Waals surface area contributed by atoms with Crippen LogP contribution < -0.4 is 16.4 Å². The van der Waals surface area contributed by atoms with Gasteiger partial charge in [-0.3, -0.25) is 0 Å². The molecule has 4 N–H and O–H groups in total. The number of anilines is 2. The standard InChI is InChI=1S/C22H25N5.C2H6/c1-6-17(16(5)23)14-19(7-2)26-22-24-13-12-21(27-22)18-8-10-20(11-9-18)25-15(3)4;1-2/h6-14,25H,1,3,5,23H2,2,4H3,(H,24,26,27);1-2H3/b17-14+,19-7+;. The van der Waals surface area contributed by atoms with Crippen LogP contribution >= 0.6 is 0 Å². The van der Waals surface area contributed by atoms with Crippen molar-refractivity contribution in [3.8, 4) is 11.3 Å². The van der Waals surface area contributed by atoms with Gasteiger partial charge in [-0.15, -0.1) is 0 Å². The number of rotatable bonds is 8. The molecule has 5 nitrogen and oxygen atoms in total. The maximum Gasteiger partial charge on any atom is 0.227 e. The fourth-order valence-corrected chi connectivity index (χ4v) is 2.32. The molecule has 0 amide bonds. The predicted molar refractivity (Wildman–Crippen MR) is 126 cm³/mol. The van der Waals surface area contributed by atoms with E-state index in [0.717, 1.165) is 33.9 Å². The highest BCUT2D eigenvalue weighted by Gasteiger charge is 2.04. The minimum Gasteiger partial charge on any atom is -0.399 e. The zero-order valence-corrected chi connectivity index (χ0v) is 17.8. The highest BCUT2D eigenvalue weighted by atomic mass is 15.1. The van der Waals surface area contributed by atoms with Gasteiger partial charge in [0.15, 0.2) is 0 Å². The van der Waals surface area contributed by atoms with E-state index in [-0.39, 0.29) is 0 Å². The molecule has 0 bridgehead atoms. The first-order valence-corrected chi connectivity index (χ1v) is 9.51. The third-order valence-electron chi connectivity index (χ3n) is 3.66. The van der Waals surface area contributed by atoms with E-state index in [1.165, 1.54) is 0 Å². The molecule has 0 fully saturated rings. The Hall–Kier alpha value is -3.60. The van der Waals surface area contributed by atoms with E-state index >= 15 is 0 Å². The van der Waals surface area contributed by atoms with Crippen LogP contribution in [0.15, 0.2) is 97.2 Å². The van der Waals surface area contributed by atoms with Gasteiger partial charge >= 0.3 is 0 Å². The van der Waals surface area contributed by atoms with Gasteiger partial charge in [0, 0.05) is 34.5 Å². The molecular formula is C24H31N5. The van der Waals surface area contributed by atoms with Gasteiger partial charge in [0.1, 0.15) is 0 Å². The SMILES string of the molecule is C=C/C(=C\C(=C/C)Nc1nccc(-c2ccc(NC(=C)C)cc2)n1)C(=C)N.CC. The summed E-state index contributed by atoms with van der Waals surface area (Å²) in [7, 11) is 0. The van der Waals surface area contributed by atoms with Crippen LogP contribution in [0.5, 0.6) is 0 Å². The van der Waals surface area contributed by atoms with Gasteiger partial charge in [-0.25, -0.2) is 9.97 Å². The lowest BCUT2D eigenvalue weighted by molar-refractivity contribution is 1.15. The third-order valence-corrected chi connectivity index (χ3v) is 3.66. The van der Waals surface area contributed by atoms with Gasteiger partial charge in [-0.2, -0.15) is 0 Å². The maximum atomic E-state index is 5.76. The van der Waals surface area contributed by atoms with E-state index in [1.54, 1.807) is 12.3 Å². The summed E-state index contributed by atoms with van der Waals surface area (Å²) in [6.45, 7) is 19.2. The Morgan fingerprint density at radius 2 is 1.72 bits per heavy atom. The second-order valence-electron chi connectivity index (χ2n) is 5.95. The average Bonchev–Trinajstić information content (AvgIpc) is 2.72. The molecule has 0 aliphatic rings. The fourth-order valence-electron chi connectivity index (χ4n) is 2.32. The highest BCUT2D eigenvalue weighted by Crippen LogP contribution is 2.21. The van der Waals surface area contributed by atoms with E-state index in [1.807, 2.05) is 70.2 Å². The normalized spacial score (nSPS) is 11.0. The van der Waals surface area contributed by atoms with E-state index in [9.17, 15) is 0 Å². The Bertz CT molecular complexity index is 905. The topological polar surface area (TPSA) is 75.9 Å². The van der Waals surface area contributed by atoms with Gasteiger partial charge in [-0.1, -0.05) is 57.9 Å². The molecule has 2 aromatic rings. The molecule has 0 atom stereocenters. The third kappa shape index (κ3) is 7.50. The minimum absolute atomic E-state index is 0.448. The molecule has 29 heavy (non-hydrogen) atoms. The first-order chi connectivity index (χ1) is 13.9. The first-order valence-electron chi connectivity index (χ1n) is 9.51. The summed E-state index contributed by atoms with van der Waals surface area (Å²) in [4.78, 5) is 8.88. The van der Waals surface area contributed by atoms with Crippen molar-refractivity contribution in [2.45, 2.75) is 27.7 Å². The molecule has 0 aliphatic heterocycles. The molecule has 0 unspecified atom stereocenters. The molecule has 0 saturated heterocycles. The van der Waals surface area contributed by atoms with Crippen LogP contribution in [0.1, 0.15) is 27.7 Å². The zero-order chi connectivity index (χ0) is 21.8. The van der Waals surface area contributed by atoms with Crippen LogP contribution in [-0.2, 0) is 0 Å². The van der Waals surface area contributed by atoms with Gasteiger partial charge in [0.25, 0.3) is 0 Å². The van der Waals surface area contributed by atoms with E-state index in [2.05, 4.69) is 40.3 Å². The van der Waals surface area contributed by atoms with Crippen molar-refractivity contribution in [3.05, 3.63) is 97.2 Å². The van der Waals surface area contributed by atoms with Crippen LogP contribution in [0, 0.1) is 0 Å². The van der Waals surface area contributed by atoms with Crippen LogP contribution in [0.3, 0.4) is 0 Å². The van der Waals surface area contributed by atoms with E-state index in [4.69, 9.17) is 5.73 Å². The van der Waals surface area contributed by atoms with Crippen LogP contribution in [0.4, 0.5) is 11.6 Å². The number of hydrogen-bond donors (Lipinski definition) is 3. The van der Waals surface area contributed by atoms with Gasteiger partial charge in [0.2, 0.25) is 5.95 Å². The Balaban J connectivity index is 0.00000204. The average molecular weight is 390 g/mol. The van der Waals surface area contributed by atoms with Crippen molar-refractivity contribution in [3.63, 3.8) is 0 Å². The number of allylic oxidation sites excluding steroid dienone is 4. The lowest BCUT2D eigenvalue weighted by Crippen LogP contribution is -2.04. The Kier molecular flexibility index (Phi) is 9.68. The monoisotopic (exact) mass is 389 g/mol. The second-order valence-corrected chi connectivity index (χ2v) is 5.95. The molecule has 5 heteroatoms. The molecule has 2 rings (SSSR count). The fraction of sp³-hybridized carbons (Fsp3) is 0.167. The summed E-state index contributed by atoms with van der Waals surface area (Å²) in [6, 6.07) is 9.85. The Labute approximate surface area is 174 Å². The molecule has 0 spiro atoms. The van der Waals surface area contributed by atoms with E-state index in [0.29, 0.717) is 11.6 Å². The summed E-state index contributed by atoms with van der Waals surface area (Å²) in [6.07, 6.45) is 7.13. The number of nitrogens with zero attached hydrogens (tertiary/aromatic N) is 2.